The first kappa shape index (κ1) is 20.3. The Labute approximate surface area is 157 Å². The number of thiocarbonyl (C=S) groups is 1. The molecule has 0 aliphatic rings. The standard InChI is InChI=1S/C15H20Cl3N3OS/c1-8(2)12(22)20-13(15(16,17)18)21-14(23)19-11-7-9(3)5-6-10(11)4/h5-8,13H,1-4H3,(H,20,22)(H2,19,21,23). The molecule has 1 aromatic carbocycles. The minimum atomic E-state index is -1.75. The van der Waals surface area contributed by atoms with E-state index in [-0.39, 0.29) is 16.9 Å². The molecule has 1 rings (SSSR count). The molecule has 23 heavy (non-hydrogen) atoms. The van der Waals surface area contributed by atoms with Crippen LogP contribution < -0.4 is 16.0 Å². The Balaban J connectivity index is 2.81. The van der Waals surface area contributed by atoms with Crippen LogP contribution in [0.4, 0.5) is 5.69 Å². The molecule has 3 N–H and O–H groups in total. The fourth-order valence-corrected chi connectivity index (χ4v) is 2.22. The van der Waals surface area contributed by atoms with Crippen molar-refractivity contribution < 1.29 is 4.79 Å². The number of amides is 1. The molecule has 0 saturated heterocycles. The predicted molar refractivity (Wildman–Crippen MR) is 102 cm³/mol. The summed E-state index contributed by atoms with van der Waals surface area (Å²) in [4.78, 5) is 11.8. The molecule has 128 valence electrons. The molecule has 0 spiro atoms. The van der Waals surface area contributed by atoms with Gasteiger partial charge in [-0.15, -0.1) is 0 Å². The summed E-state index contributed by atoms with van der Waals surface area (Å²) in [6.45, 7) is 7.43. The van der Waals surface area contributed by atoms with Crippen molar-refractivity contribution in [2.45, 2.75) is 37.7 Å². The zero-order valence-electron chi connectivity index (χ0n) is 13.3. The molecule has 1 aromatic rings. The van der Waals surface area contributed by atoms with Gasteiger partial charge in [-0.3, -0.25) is 4.79 Å². The molecule has 0 aromatic heterocycles. The second kappa shape index (κ2) is 8.38. The highest BCUT2D eigenvalue weighted by molar-refractivity contribution is 7.80. The van der Waals surface area contributed by atoms with Gasteiger partial charge in [-0.1, -0.05) is 60.8 Å². The van der Waals surface area contributed by atoms with Crippen LogP contribution in [-0.4, -0.2) is 21.0 Å². The molecule has 1 amide bonds. The molecule has 0 saturated carbocycles. The number of anilines is 1. The average molecular weight is 397 g/mol. The maximum atomic E-state index is 11.8. The van der Waals surface area contributed by atoms with Gasteiger partial charge in [-0.05, 0) is 43.3 Å². The van der Waals surface area contributed by atoms with Gasteiger partial charge in [0.25, 0.3) is 0 Å². The summed E-state index contributed by atoms with van der Waals surface area (Å²) >= 11 is 23.0. The van der Waals surface area contributed by atoms with E-state index in [1.54, 1.807) is 13.8 Å². The van der Waals surface area contributed by atoms with E-state index in [4.69, 9.17) is 47.0 Å². The van der Waals surface area contributed by atoms with Gasteiger partial charge in [0.05, 0.1) is 0 Å². The average Bonchev–Trinajstić information content (AvgIpc) is 2.40. The van der Waals surface area contributed by atoms with Crippen LogP contribution in [0.5, 0.6) is 0 Å². The lowest BCUT2D eigenvalue weighted by Crippen LogP contribution is -2.56. The number of carbonyl (C=O) groups excluding carboxylic acids is 1. The van der Waals surface area contributed by atoms with Gasteiger partial charge in [0.15, 0.2) is 5.11 Å². The first-order valence-corrected chi connectivity index (χ1v) is 8.56. The first-order valence-electron chi connectivity index (χ1n) is 7.02. The minimum absolute atomic E-state index is 0.243. The molecule has 0 heterocycles. The van der Waals surface area contributed by atoms with E-state index in [0.29, 0.717) is 0 Å². The van der Waals surface area contributed by atoms with Crippen molar-refractivity contribution in [2.24, 2.45) is 5.92 Å². The fraction of sp³-hybridized carbons (Fsp3) is 0.467. The molecule has 0 fully saturated rings. The van der Waals surface area contributed by atoms with Gasteiger partial charge in [0.2, 0.25) is 9.70 Å². The Morgan fingerprint density at radius 2 is 1.78 bits per heavy atom. The van der Waals surface area contributed by atoms with Gasteiger partial charge in [0.1, 0.15) is 6.17 Å². The third-order valence-electron chi connectivity index (χ3n) is 3.06. The third kappa shape index (κ3) is 6.71. The Morgan fingerprint density at radius 3 is 2.30 bits per heavy atom. The van der Waals surface area contributed by atoms with Crippen LogP contribution >= 0.6 is 47.0 Å². The SMILES string of the molecule is Cc1ccc(C)c(NC(=S)NC(NC(=O)C(C)C)C(Cl)(Cl)Cl)c1. The zero-order valence-corrected chi connectivity index (χ0v) is 16.4. The van der Waals surface area contributed by atoms with Crippen molar-refractivity contribution >= 4 is 63.7 Å². The molecule has 0 radical (unpaired) electrons. The van der Waals surface area contributed by atoms with Crippen LogP contribution in [-0.2, 0) is 4.79 Å². The Kier molecular flexibility index (Phi) is 7.39. The zero-order chi connectivity index (χ0) is 17.8. The number of carbonyl (C=O) groups is 1. The van der Waals surface area contributed by atoms with E-state index in [0.717, 1.165) is 16.8 Å². The number of hydrogen-bond donors (Lipinski definition) is 3. The van der Waals surface area contributed by atoms with Crippen molar-refractivity contribution in [3.63, 3.8) is 0 Å². The van der Waals surface area contributed by atoms with E-state index in [1.165, 1.54) is 0 Å². The maximum Gasteiger partial charge on any atom is 0.228 e. The molecule has 1 atom stereocenters. The van der Waals surface area contributed by atoms with Crippen LogP contribution in [0, 0.1) is 19.8 Å². The summed E-state index contributed by atoms with van der Waals surface area (Å²) < 4.78 is -1.75. The summed E-state index contributed by atoms with van der Waals surface area (Å²) in [6.07, 6.45) is -0.951. The third-order valence-corrected chi connectivity index (χ3v) is 3.93. The van der Waals surface area contributed by atoms with Crippen LogP contribution in [0.3, 0.4) is 0 Å². The number of benzene rings is 1. The van der Waals surface area contributed by atoms with Crippen molar-refractivity contribution in [1.82, 2.24) is 10.6 Å². The maximum absolute atomic E-state index is 11.8. The van der Waals surface area contributed by atoms with Crippen molar-refractivity contribution in [2.75, 3.05) is 5.32 Å². The summed E-state index contributed by atoms with van der Waals surface area (Å²) in [6, 6.07) is 5.94. The largest absolute Gasteiger partial charge is 0.339 e. The second-order valence-electron chi connectivity index (χ2n) is 5.55. The first-order chi connectivity index (χ1) is 10.5. The number of aryl methyl sites for hydroxylation is 2. The Morgan fingerprint density at radius 1 is 1.17 bits per heavy atom. The predicted octanol–water partition coefficient (Wildman–Crippen LogP) is 4.06. The summed E-state index contributed by atoms with van der Waals surface area (Å²) in [5, 5.41) is 8.75. The normalized spacial score (nSPS) is 12.7. The van der Waals surface area contributed by atoms with Gasteiger partial charge < -0.3 is 16.0 Å². The van der Waals surface area contributed by atoms with Crippen molar-refractivity contribution in [3.8, 4) is 0 Å². The van der Waals surface area contributed by atoms with Crippen LogP contribution in [0.1, 0.15) is 25.0 Å². The number of alkyl halides is 3. The monoisotopic (exact) mass is 395 g/mol. The van der Waals surface area contributed by atoms with Crippen LogP contribution in [0.2, 0.25) is 0 Å². The van der Waals surface area contributed by atoms with Gasteiger partial charge in [-0.2, -0.15) is 0 Å². The number of halogens is 3. The van der Waals surface area contributed by atoms with Crippen molar-refractivity contribution in [1.29, 1.82) is 0 Å². The quantitative estimate of drug-likeness (QED) is 0.408. The van der Waals surface area contributed by atoms with E-state index < -0.39 is 9.96 Å². The second-order valence-corrected chi connectivity index (χ2v) is 8.33. The molecule has 0 bridgehead atoms. The molecule has 0 aliphatic carbocycles. The van der Waals surface area contributed by atoms with Crippen LogP contribution in [0.25, 0.3) is 0 Å². The van der Waals surface area contributed by atoms with Gasteiger partial charge in [0, 0.05) is 11.6 Å². The smallest absolute Gasteiger partial charge is 0.228 e. The highest BCUT2D eigenvalue weighted by Crippen LogP contribution is 2.29. The Bertz CT molecular complexity index is 588. The van der Waals surface area contributed by atoms with Crippen LogP contribution in [0.15, 0.2) is 18.2 Å². The number of nitrogens with one attached hydrogen (secondary N) is 3. The van der Waals surface area contributed by atoms with Crippen molar-refractivity contribution in [3.05, 3.63) is 29.3 Å². The lowest BCUT2D eigenvalue weighted by Gasteiger charge is -2.28. The van der Waals surface area contributed by atoms with E-state index >= 15 is 0 Å². The highest BCUT2D eigenvalue weighted by atomic mass is 35.6. The summed E-state index contributed by atoms with van der Waals surface area (Å²) in [5.41, 5.74) is 2.96. The number of hydrogen-bond acceptors (Lipinski definition) is 2. The number of rotatable bonds is 4. The molecule has 0 aliphatic heterocycles. The Hall–Kier alpha value is -0.750. The van der Waals surface area contributed by atoms with E-state index in [1.807, 2.05) is 32.0 Å². The minimum Gasteiger partial charge on any atom is -0.339 e. The lowest BCUT2D eigenvalue weighted by molar-refractivity contribution is -0.124. The fourth-order valence-electron chi connectivity index (χ4n) is 1.67. The topological polar surface area (TPSA) is 53.2 Å². The lowest BCUT2D eigenvalue weighted by atomic mass is 10.1. The van der Waals surface area contributed by atoms with E-state index in [9.17, 15) is 4.79 Å². The molecule has 4 nitrogen and oxygen atoms in total. The highest BCUT2D eigenvalue weighted by Gasteiger charge is 2.35. The molecular weight excluding hydrogens is 377 g/mol. The molecule has 1 unspecified atom stereocenters. The molecule has 8 heteroatoms. The van der Waals surface area contributed by atoms with Gasteiger partial charge in [-0.25, -0.2) is 0 Å². The summed E-state index contributed by atoms with van der Waals surface area (Å²) in [5.74, 6) is -0.490. The summed E-state index contributed by atoms with van der Waals surface area (Å²) in [7, 11) is 0. The van der Waals surface area contributed by atoms with Gasteiger partial charge >= 0.3 is 0 Å². The molecular formula is C15H20Cl3N3OS. The van der Waals surface area contributed by atoms with E-state index in [2.05, 4.69) is 16.0 Å².